The van der Waals surface area contributed by atoms with Gasteiger partial charge in [-0.15, -0.1) is 10.2 Å². The number of amides is 1. The second-order valence-corrected chi connectivity index (χ2v) is 5.48. The van der Waals surface area contributed by atoms with Crippen LogP contribution in [0.5, 0.6) is 0 Å². The van der Waals surface area contributed by atoms with Gasteiger partial charge in [-0.1, -0.05) is 12.1 Å². The van der Waals surface area contributed by atoms with E-state index < -0.39 is 0 Å². The number of aryl methyl sites for hydroxylation is 1. The third-order valence-electron chi connectivity index (χ3n) is 4.07. The molecule has 4 rings (SSSR count). The zero-order valence-electron chi connectivity index (χ0n) is 12.6. The molecule has 1 aliphatic heterocycles. The average Bonchev–Trinajstić information content (AvgIpc) is 3.24. The van der Waals surface area contributed by atoms with Gasteiger partial charge in [0.25, 0.3) is 5.91 Å². The first-order valence-corrected chi connectivity index (χ1v) is 7.39. The number of hydrogen-bond donors (Lipinski definition) is 0. The van der Waals surface area contributed by atoms with Crippen LogP contribution in [0.4, 0.5) is 0 Å². The highest BCUT2D eigenvalue weighted by Crippen LogP contribution is 2.20. The van der Waals surface area contributed by atoms with Crippen molar-refractivity contribution in [2.45, 2.75) is 20.0 Å². The Morgan fingerprint density at radius 2 is 2.00 bits per heavy atom. The van der Waals surface area contributed by atoms with Gasteiger partial charge in [0.05, 0.1) is 12.7 Å². The summed E-state index contributed by atoms with van der Waals surface area (Å²) in [5.74, 6) is 2.41. The highest BCUT2D eigenvalue weighted by atomic mass is 16.3. The third-order valence-corrected chi connectivity index (χ3v) is 4.07. The molecule has 1 aromatic carbocycles. The Hall–Kier alpha value is -2.96. The van der Waals surface area contributed by atoms with Crippen LogP contribution in [0.3, 0.4) is 0 Å². The maximum atomic E-state index is 12.6. The van der Waals surface area contributed by atoms with Crippen molar-refractivity contribution in [2.75, 3.05) is 6.54 Å². The molecular weight excluding hydrogens is 294 g/mol. The molecule has 0 fully saturated rings. The van der Waals surface area contributed by atoms with Gasteiger partial charge in [0, 0.05) is 24.2 Å². The Morgan fingerprint density at radius 1 is 1.17 bits per heavy atom. The number of hydrogen-bond acceptors (Lipinski definition) is 5. The molecule has 0 N–H and O–H groups in total. The molecule has 0 atom stereocenters. The van der Waals surface area contributed by atoms with E-state index in [1.165, 1.54) is 6.39 Å². The molecule has 0 spiro atoms. The van der Waals surface area contributed by atoms with Crippen LogP contribution in [0.1, 0.15) is 22.0 Å². The van der Waals surface area contributed by atoms with Gasteiger partial charge >= 0.3 is 0 Å². The lowest BCUT2D eigenvalue weighted by Gasteiger charge is -2.27. The van der Waals surface area contributed by atoms with Crippen molar-refractivity contribution in [2.24, 2.45) is 0 Å². The molecule has 23 heavy (non-hydrogen) atoms. The normalized spacial score (nSPS) is 13.9. The predicted molar refractivity (Wildman–Crippen MR) is 81.4 cm³/mol. The SMILES string of the molecule is Cc1nnc2n1CCN(C(=O)c1ccc(-c3cnco3)cc1)C2. The van der Waals surface area contributed by atoms with Crippen LogP contribution >= 0.6 is 0 Å². The van der Waals surface area contributed by atoms with E-state index in [4.69, 9.17) is 4.42 Å². The second-order valence-electron chi connectivity index (χ2n) is 5.48. The van der Waals surface area contributed by atoms with Crippen molar-refractivity contribution in [3.8, 4) is 11.3 Å². The van der Waals surface area contributed by atoms with Crippen LogP contribution < -0.4 is 0 Å². The number of benzene rings is 1. The molecule has 7 heteroatoms. The number of aromatic nitrogens is 4. The van der Waals surface area contributed by atoms with Crippen molar-refractivity contribution in [1.29, 1.82) is 0 Å². The van der Waals surface area contributed by atoms with Crippen LogP contribution in [-0.4, -0.2) is 37.1 Å². The quantitative estimate of drug-likeness (QED) is 0.722. The molecule has 0 saturated heterocycles. The summed E-state index contributed by atoms with van der Waals surface area (Å²) in [5, 5.41) is 8.19. The highest BCUT2D eigenvalue weighted by molar-refractivity contribution is 5.94. The maximum absolute atomic E-state index is 12.6. The number of fused-ring (bicyclic) bond motifs is 1. The molecule has 0 bridgehead atoms. The molecule has 2 aromatic heterocycles. The first-order chi connectivity index (χ1) is 11.2. The van der Waals surface area contributed by atoms with E-state index in [1.54, 1.807) is 11.1 Å². The Kier molecular flexibility index (Phi) is 3.18. The molecule has 116 valence electrons. The minimum atomic E-state index is 0.000947. The minimum absolute atomic E-state index is 0.000947. The van der Waals surface area contributed by atoms with E-state index in [-0.39, 0.29) is 5.91 Å². The fraction of sp³-hybridized carbons (Fsp3) is 0.250. The monoisotopic (exact) mass is 309 g/mol. The Labute approximate surface area is 132 Å². The molecule has 0 aliphatic carbocycles. The number of carbonyl (C=O) groups excluding carboxylic acids is 1. The molecule has 3 heterocycles. The molecule has 1 aliphatic rings. The third kappa shape index (κ3) is 2.40. The van der Waals surface area contributed by atoms with Crippen LogP contribution in [0.2, 0.25) is 0 Å². The lowest BCUT2D eigenvalue weighted by atomic mass is 10.1. The van der Waals surface area contributed by atoms with E-state index in [0.29, 0.717) is 24.4 Å². The summed E-state index contributed by atoms with van der Waals surface area (Å²) in [5.41, 5.74) is 1.55. The molecule has 1 amide bonds. The molecular formula is C16H15N5O2. The average molecular weight is 309 g/mol. The second kappa shape index (κ2) is 5.35. The van der Waals surface area contributed by atoms with Gasteiger partial charge in [0.2, 0.25) is 0 Å². The zero-order valence-corrected chi connectivity index (χ0v) is 12.6. The Morgan fingerprint density at radius 3 is 2.74 bits per heavy atom. The van der Waals surface area contributed by atoms with Crippen molar-refractivity contribution in [3.05, 3.63) is 54.1 Å². The van der Waals surface area contributed by atoms with E-state index in [0.717, 1.165) is 23.8 Å². The Bertz CT molecular complexity index is 836. The number of oxazole rings is 1. The summed E-state index contributed by atoms with van der Waals surface area (Å²) in [7, 11) is 0. The van der Waals surface area contributed by atoms with Gasteiger partial charge in [0.15, 0.2) is 18.0 Å². The van der Waals surface area contributed by atoms with Crippen molar-refractivity contribution in [3.63, 3.8) is 0 Å². The minimum Gasteiger partial charge on any atom is -0.444 e. The van der Waals surface area contributed by atoms with Gasteiger partial charge in [-0.25, -0.2) is 4.98 Å². The lowest BCUT2D eigenvalue weighted by molar-refractivity contribution is 0.0706. The fourth-order valence-corrected chi connectivity index (χ4v) is 2.79. The summed E-state index contributed by atoms with van der Waals surface area (Å²) in [6.45, 7) is 3.81. The van der Waals surface area contributed by atoms with Gasteiger partial charge in [-0.2, -0.15) is 0 Å². The number of carbonyl (C=O) groups is 1. The molecule has 0 saturated carbocycles. The van der Waals surface area contributed by atoms with Crippen molar-refractivity contribution >= 4 is 5.91 Å². The smallest absolute Gasteiger partial charge is 0.254 e. The van der Waals surface area contributed by atoms with Gasteiger partial charge in [-0.05, 0) is 19.1 Å². The van der Waals surface area contributed by atoms with Gasteiger partial charge < -0.3 is 13.9 Å². The predicted octanol–water partition coefficient (Wildman–Crippen LogP) is 1.90. The van der Waals surface area contributed by atoms with E-state index in [2.05, 4.69) is 19.7 Å². The topological polar surface area (TPSA) is 77.1 Å². The van der Waals surface area contributed by atoms with Crippen LogP contribution in [-0.2, 0) is 13.1 Å². The summed E-state index contributed by atoms with van der Waals surface area (Å²) in [6.07, 6.45) is 3.04. The van der Waals surface area contributed by atoms with Gasteiger partial charge in [0.1, 0.15) is 5.82 Å². The summed E-state index contributed by atoms with van der Waals surface area (Å²) in [6, 6.07) is 7.35. The standard InChI is InChI=1S/C16H15N5O2/c1-11-18-19-15-9-20(6-7-21(11)15)16(22)13-4-2-12(3-5-13)14-8-17-10-23-14/h2-5,8,10H,6-7,9H2,1H3. The first-order valence-electron chi connectivity index (χ1n) is 7.39. The van der Waals surface area contributed by atoms with E-state index >= 15 is 0 Å². The first kappa shape index (κ1) is 13.7. The van der Waals surface area contributed by atoms with Gasteiger partial charge in [-0.3, -0.25) is 4.79 Å². The van der Waals surface area contributed by atoms with Crippen LogP contribution in [0.25, 0.3) is 11.3 Å². The summed E-state index contributed by atoms with van der Waals surface area (Å²) >= 11 is 0. The lowest BCUT2D eigenvalue weighted by Crippen LogP contribution is -2.38. The highest BCUT2D eigenvalue weighted by Gasteiger charge is 2.24. The zero-order chi connectivity index (χ0) is 15.8. The van der Waals surface area contributed by atoms with Crippen molar-refractivity contribution < 1.29 is 9.21 Å². The van der Waals surface area contributed by atoms with E-state index in [9.17, 15) is 4.79 Å². The molecule has 0 unspecified atom stereocenters. The van der Waals surface area contributed by atoms with Crippen LogP contribution in [0, 0.1) is 6.92 Å². The van der Waals surface area contributed by atoms with Crippen molar-refractivity contribution in [1.82, 2.24) is 24.6 Å². The molecule has 7 nitrogen and oxygen atoms in total. The molecule has 0 radical (unpaired) electrons. The molecule has 3 aromatic rings. The van der Waals surface area contributed by atoms with Crippen LogP contribution in [0.15, 0.2) is 41.3 Å². The summed E-state index contributed by atoms with van der Waals surface area (Å²) in [4.78, 5) is 18.3. The number of rotatable bonds is 2. The maximum Gasteiger partial charge on any atom is 0.254 e. The summed E-state index contributed by atoms with van der Waals surface area (Å²) < 4.78 is 7.31. The fourth-order valence-electron chi connectivity index (χ4n) is 2.79. The van der Waals surface area contributed by atoms with E-state index in [1.807, 2.05) is 31.2 Å². The Balaban J connectivity index is 1.53. The number of nitrogens with zero attached hydrogens (tertiary/aromatic N) is 5. The largest absolute Gasteiger partial charge is 0.444 e.